The molecular weight excluding hydrogens is 266 g/mol. The number of nitrogens with zero attached hydrogens (tertiary/aromatic N) is 1. The predicted octanol–water partition coefficient (Wildman–Crippen LogP) is 2.18. The minimum Gasteiger partial charge on any atom is -0.397 e. The van der Waals surface area contributed by atoms with Gasteiger partial charge < -0.3 is 21.1 Å². The van der Waals surface area contributed by atoms with Gasteiger partial charge in [0.25, 0.3) is 5.91 Å². The number of amides is 1. The molecule has 0 saturated carbocycles. The van der Waals surface area contributed by atoms with Crippen LogP contribution in [0.1, 0.15) is 37.6 Å². The molecule has 0 bridgehead atoms. The summed E-state index contributed by atoms with van der Waals surface area (Å²) < 4.78 is 0. The van der Waals surface area contributed by atoms with Crippen molar-refractivity contribution in [3.8, 4) is 0 Å². The Morgan fingerprint density at radius 1 is 1.43 bits per heavy atom. The highest BCUT2D eigenvalue weighted by Crippen LogP contribution is 2.23. The maximum Gasteiger partial charge on any atom is 0.253 e. The highest BCUT2D eigenvalue weighted by Gasteiger charge is 2.22. The maximum absolute atomic E-state index is 11.9. The molecule has 0 aliphatic heterocycles. The lowest BCUT2D eigenvalue weighted by Crippen LogP contribution is -2.35. The van der Waals surface area contributed by atoms with Crippen molar-refractivity contribution in [2.45, 2.75) is 32.8 Å². The van der Waals surface area contributed by atoms with Crippen molar-refractivity contribution in [3.63, 3.8) is 0 Å². The van der Waals surface area contributed by atoms with E-state index in [0.29, 0.717) is 30.1 Å². The van der Waals surface area contributed by atoms with Gasteiger partial charge in [-0.3, -0.25) is 4.79 Å². The third-order valence-electron chi connectivity index (χ3n) is 3.21. The number of nitrogen functional groups attached to an aromatic ring is 1. The summed E-state index contributed by atoms with van der Waals surface area (Å²) in [6.07, 6.45) is 0.705. The topological polar surface area (TPSA) is 78.6 Å². The number of carbonyl (C=O) groups is 1. The minimum absolute atomic E-state index is 0.0833. The van der Waals surface area contributed by atoms with Crippen molar-refractivity contribution in [2.24, 2.45) is 5.92 Å². The van der Waals surface area contributed by atoms with Crippen LogP contribution in [0.5, 0.6) is 0 Å². The van der Waals surface area contributed by atoms with Crippen LogP contribution in [0.25, 0.3) is 0 Å². The minimum atomic E-state index is -0.793. The van der Waals surface area contributed by atoms with Gasteiger partial charge in [0.1, 0.15) is 0 Å². The standard InChI is InChI=1S/C16H27N3O2/c1-11(2)9-16(3,21)10-18-14-7-6-12(8-13(14)17)15(20)19(4)5/h6-8,11,18,21H,9-10,17H2,1-5H3. The summed E-state index contributed by atoms with van der Waals surface area (Å²) in [7, 11) is 3.40. The zero-order valence-electron chi connectivity index (χ0n) is 13.6. The lowest BCUT2D eigenvalue weighted by molar-refractivity contribution is 0.0515. The number of anilines is 2. The fraction of sp³-hybridized carbons (Fsp3) is 0.562. The van der Waals surface area contributed by atoms with E-state index < -0.39 is 5.60 Å². The van der Waals surface area contributed by atoms with Crippen molar-refractivity contribution in [3.05, 3.63) is 23.8 Å². The number of nitrogens with two attached hydrogens (primary N) is 1. The third kappa shape index (κ3) is 5.27. The van der Waals surface area contributed by atoms with Crippen LogP contribution in [-0.2, 0) is 0 Å². The molecule has 0 aromatic heterocycles. The van der Waals surface area contributed by atoms with E-state index in [-0.39, 0.29) is 5.91 Å². The Bertz CT molecular complexity index is 496. The fourth-order valence-electron chi connectivity index (χ4n) is 2.35. The van der Waals surface area contributed by atoms with Gasteiger partial charge in [-0.05, 0) is 37.5 Å². The first-order valence-electron chi connectivity index (χ1n) is 7.20. The summed E-state index contributed by atoms with van der Waals surface area (Å²) in [6.45, 7) is 6.37. The van der Waals surface area contributed by atoms with Gasteiger partial charge >= 0.3 is 0 Å². The van der Waals surface area contributed by atoms with Crippen LogP contribution in [0.4, 0.5) is 11.4 Å². The van der Waals surface area contributed by atoms with Gasteiger partial charge in [0.05, 0.1) is 17.0 Å². The first kappa shape index (κ1) is 17.3. The number of nitrogens with one attached hydrogen (secondary N) is 1. The van der Waals surface area contributed by atoms with E-state index >= 15 is 0 Å². The summed E-state index contributed by atoms with van der Waals surface area (Å²) in [4.78, 5) is 13.4. The molecule has 1 unspecified atom stereocenters. The van der Waals surface area contributed by atoms with Gasteiger partial charge in [-0.2, -0.15) is 0 Å². The van der Waals surface area contributed by atoms with Crippen LogP contribution >= 0.6 is 0 Å². The van der Waals surface area contributed by atoms with Crippen molar-refractivity contribution in [2.75, 3.05) is 31.7 Å². The number of carbonyl (C=O) groups excluding carboxylic acids is 1. The Kier molecular flexibility index (Phi) is 5.61. The largest absolute Gasteiger partial charge is 0.397 e. The Labute approximate surface area is 127 Å². The number of rotatable bonds is 6. The number of benzene rings is 1. The Hall–Kier alpha value is -1.75. The fourth-order valence-corrected chi connectivity index (χ4v) is 2.35. The van der Waals surface area contributed by atoms with Gasteiger partial charge in [-0.1, -0.05) is 13.8 Å². The maximum atomic E-state index is 11.9. The lowest BCUT2D eigenvalue weighted by atomic mass is 9.94. The number of hydrogen-bond acceptors (Lipinski definition) is 4. The molecule has 5 nitrogen and oxygen atoms in total. The van der Waals surface area contributed by atoms with Crippen LogP contribution < -0.4 is 11.1 Å². The van der Waals surface area contributed by atoms with E-state index in [2.05, 4.69) is 19.2 Å². The molecule has 4 N–H and O–H groups in total. The third-order valence-corrected chi connectivity index (χ3v) is 3.21. The van der Waals surface area contributed by atoms with Crippen LogP contribution in [-0.4, -0.2) is 42.2 Å². The molecule has 0 radical (unpaired) electrons. The second-order valence-electron chi connectivity index (χ2n) is 6.45. The first-order chi connectivity index (χ1) is 9.62. The zero-order chi connectivity index (χ0) is 16.2. The van der Waals surface area contributed by atoms with Crippen LogP contribution in [0.15, 0.2) is 18.2 Å². The highest BCUT2D eigenvalue weighted by atomic mass is 16.3. The molecule has 21 heavy (non-hydrogen) atoms. The molecule has 0 spiro atoms. The van der Waals surface area contributed by atoms with Crippen LogP contribution in [0.3, 0.4) is 0 Å². The van der Waals surface area contributed by atoms with Crippen LogP contribution in [0, 0.1) is 5.92 Å². The number of aliphatic hydroxyl groups is 1. The molecule has 0 saturated heterocycles. The first-order valence-corrected chi connectivity index (χ1v) is 7.20. The monoisotopic (exact) mass is 293 g/mol. The molecular formula is C16H27N3O2. The molecule has 0 heterocycles. The van der Waals surface area contributed by atoms with Gasteiger partial charge in [0.15, 0.2) is 0 Å². The van der Waals surface area contributed by atoms with E-state index in [0.717, 1.165) is 5.69 Å². The average molecular weight is 293 g/mol. The summed E-state index contributed by atoms with van der Waals surface area (Å²) in [6, 6.07) is 5.16. The molecule has 1 amide bonds. The smallest absolute Gasteiger partial charge is 0.253 e. The Morgan fingerprint density at radius 2 is 2.05 bits per heavy atom. The molecule has 1 atom stereocenters. The molecule has 1 aromatic rings. The molecule has 0 aliphatic rings. The van der Waals surface area contributed by atoms with Crippen molar-refractivity contribution in [1.29, 1.82) is 0 Å². The normalized spacial score (nSPS) is 13.9. The van der Waals surface area contributed by atoms with E-state index in [4.69, 9.17) is 5.73 Å². The molecule has 1 rings (SSSR count). The summed E-state index contributed by atoms with van der Waals surface area (Å²) in [5, 5.41) is 13.4. The summed E-state index contributed by atoms with van der Waals surface area (Å²) in [5.41, 5.74) is 6.97. The van der Waals surface area contributed by atoms with Crippen molar-refractivity contribution in [1.82, 2.24) is 4.90 Å². The Morgan fingerprint density at radius 3 is 2.52 bits per heavy atom. The van der Waals surface area contributed by atoms with E-state index in [1.165, 1.54) is 4.90 Å². The molecule has 118 valence electrons. The van der Waals surface area contributed by atoms with Crippen molar-refractivity contribution >= 4 is 17.3 Å². The highest BCUT2D eigenvalue weighted by molar-refractivity contribution is 5.95. The molecule has 0 fully saturated rings. The van der Waals surface area contributed by atoms with E-state index in [1.807, 2.05) is 0 Å². The van der Waals surface area contributed by atoms with Crippen molar-refractivity contribution < 1.29 is 9.90 Å². The quantitative estimate of drug-likeness (QED) is 0.702. The lowest BCUT2D eigenvalue weighted by Gasteiger charge is -2.26. The van der Waals surface area contributed by atoms with Crippen LogP contribution in [0.2, 0.25) is 0 Å². The zero-order valence-corrected chi connectivity index (χ0v) is 13.6. The summed E-state index contributed by atoms with van der Waals surface area (Å²) >= 11 is 0. The second-order valence-corrected chi connectivity index (χ2v) is 6.45. The predicted molar refractivity (Wildman–Crippen MR) is 87.4 cm³/mol. The van der Waals surface area contributed by atoms with Gasteiger partial charge in [0.2, 0.25) is 0 Å². The number of hydrogen-bond donors (Lipinski definition) is 3. The Balaban J connectivity index is 2.76. The SMILES string of the molecule is CC(C)CC(C)(O)CNc1ccc(C(=O)N(C)C)cc1N. The molecule has 0 aliphatic carbocycles. The van der Waals surface area contributed by atoms with Gasteiger partial charge in [0, 0.05) is 26.2 Å². The van der Waals surface area contributed by atoms with E-state index in [1.54, 1.807) is 39.2 Å². The molecule has 1 aromatic carbocycles. The second kappa shape index (κ2) is 6.80. The molecule has 5 heteroatoms. The van der Waals surface area contributed by atoms with Gasteiger partial charge in [-0.25, -0.2) is 0 Å². The average Bonchev–Trinajstić information content (AvgIpc) is 2.34. The van der Waals surface area contributed by atoms with Gasteiger partial charge in [-0.15, -0.1) is 0 Å². The van der Waals surface area contributed by atoms with E-state index in [9.17, 15) is 9.90 Å². The summed E-state index contributed by atoms with van der Waals surface area (Å²) in [5.74, 6) is 0.333.